The molecule has 0 aliphatic rings. The monoisotopic (exact) mass is 267 g/mol. The number of nitrogens with two attached hydrogens (primary N) is 1. The van der Waals surface area contributed by atoms with Crippen LogP contribution in [0.3, 0.4) is 0 Å². The number of nitrogens with zero attached hydrogens (tertiary/aromatic N) is 2. The third kappa shape index (κ3) is 2.72. The minimum absolute atomic E-state index is 0.0754. The molecule has 1 aromatic carbocycles. The molecule has 0 saturated carbocycles. The van der Waals surface area contributed by atoms with Crippen LogP contribution < -0.4 is 5.73 Å². The third-order valence-electron chi connectivity index (χ3n) is 2.13. The van der Waals surface area contributed by atoms with Crippen molar-refractivity contribution in [1.29, 1.82) is 0 Å². The Morgan fingerprint density at radius 2 is 1.76 bits per heavy atom. The van der Waals surface area contributed by atoms with Gasteiger partial charge in [0.15, 0.2) is 0 Å². The van der Waals surface area contributed by atoms with Gasteiger partial charge < -0.3 is 5.73 Å². The Hall–Kier alpha value is -1.65. The lowest BCUT2D eigenvalue weighted by Crippen LogP contribution is -2.10. The maximum atomic E-state index is 10.9. The molecule has 0 saturated heterocycles. The number of aromatic nitrogens is 2. The van der Waals surface area contributed by atoms with Gasteiger partial charge in [-0.2, -0.15) is 0 Å². The van der Waals surface area contributed by atoms with E-state index in [0.29, 0.717) is 11.3 Å². The summed E-state index contributed by atoms with van der Waals surface area (Å²) < 4.78 is 0. The van der Waals surface area contributed by atoms with E-state index in [4.69, 9.17) is 28.9 Å². The SMILES string of the molecule is NC(=O)c1ccc(-c2cc(Cl)nc(Cl)n2)cc1. The summed E-state index contributed by atoms with van der Waals surface area (Å²) in [5.74, 6) is -0.477. The molecule has 0 spiro atoms. The van der Waals surface area contributed by atoms with Crippen molar-refractivity contribution in [2.45, 2.75) is 0 Å². The van der Waals surface area contributed by atoms with Crippen molar-refractivity contribution in [1.82, 2.24) is 9.97 Å². The van der Waals surface area contributed by atoms with Gasteiger partial charge in [0.05, 0.1) is 5.69 Å². The first-order valence-corrected chi connectivity index (χ1v) is 5.42. The summed E-state index contributed by atoms with van der Waals surface area (Å²) in [6.45, 7) is 0. The van der Waals surface area contributed by atoms with Crippen molar-refractivity contribution in [3.63, 3.8) is 0 Å². The van der Waals surface area contributed by atoms with Crippen LogP contribution in [0, 0.1) is 0 Å². The van der Waals surface area contributed by atoms with Crippen LogP contribution in [0.5, 0.6) is 0 Å². The lowest BCUT2D eigenvalue weighted by atomic mass is 10.1. The van der Waals surface area contributed by atoms with Gasteiger partial charge in [0.25, 0.3) is 0 Å². The number of carbonyl (C=O) groups is 1. The molecule has 0 atom stereocenters. The lowest BCUT2D eigenvalue weighted by molar-refractivity contribution is 0.100. The van der Waals surface area contributed by atoms with Gasteiger partial charge in [0.2, 0.25) is 11.2 Å². The highest BCUT2D eigenvalue weighted by atomic mass is 35.5. The first kappa shape index (κ1) is 11.8. The molecule has 1 heterocycles. The lowest BCUT2D eigenvalue weighted by Gasteiger charge is -2.02. The van der Waals surface area contributed by atoms with Gasteiger partial charge in [-0.1, -0.05) is 23.7 Å². The Bertz CT molecular complexity index is 549. The van der Waals surface area contributed by atoms with Crippen LogP contribution in [0.25, 0.3) is 11.3 Å². The van der Waals surface area contributed by atoms with Crippen molar-refractivity contribution in [2.24, 2.45) is 5.73 Å². The summed E-state index contributed by atoms with van der Waals surface area (Å²) in [4.78, 5) is 18.7. The molecule has 86 valence electrons. The van der Waals surface area contributed by atoms with E-state index in [-0.39, 0.29) is 10.4 Å². The Morgan fingerprint density at radius 1 is 1.12 bits per heavy atom. The highest BCUT2D eigenvalue weighted by Gasteiger charge is 2.05. The number of rotatable bonds is 2. The largest absolute Gasteiger partial charge is 0.366 e. The third-order valence-corrected chi connectivity index (χ3v) is 2.50. The van der Waals surface area contributed by atoms with E-state index in [1.807, 2.05) is 0 Å². The maximum absolute atomic E-state index is 10.9. The molecule has 2 aromatic rings. The van der Waals surface area contributed by atoms with E-state index in [1.165, 1.54) is 0 Å². The van der Waals surface area contributed by atoms with E-state index in [1.54, 1.807) is 30.3 Å². The Morgan fingerprint density at radius 3 is 2.29 bits per heavy atom. The summed E-state index contributed by atoms with van der Waals surface area (Å²) >= 11 is 11.5. The van der Waals surface area contributed by atoms with Gasteiger partial charge in [0, 0.05) is 17.2 Å². The molecule has 0 aliphatic carbocycles. The van der Waals surface area contributed by atoms with Crippen LogP contribution in [-0.4, -0.2) is 15.9 Å². The normalized spacial score (nSPS) is 10.2. The van der Waals surface area contributed by atoms with Crippen LogP contribution in [-0.2, 0) is 0 Å². The number of benzene rings is 1. The van der Waals surface area contributed by atoms with Crippen LogP contribution in [0.15, 0.2) is 30.3 Å². The van der Waals surface area contributed by atoms with Gasteiger partial charge in [0.1, 0.15) is 5.15 Å². The first-order chi connectivity index (χ1) is 8.06. The minimum Gasteiger partial charge on any atom is -0.366 e. The second-order valence-electron chi connectivity index (χ2n) is 3.29. The molecule has 2 N–H and O–H groups in total. The highest BCUT2D eigenvalue weighted by molar-refractivity contribution is 6.32. The molecule has 0 fully saturated rings. The van der Waals surface area contributed by atoms with Gasteiger partial charge in [-0.05, 0) is 23.7 Å². The number of amides is 1. The van der Waals surface area contributed by atoms with Crippen molar-refractivity contribution in [3.05, 3.63) is 46.3 Å². The van der Waals surface area contributed by atoms with Crippen molar-refractivity contribution < 1.29 is 4.79 Å². The van der Waals surface area contributed by atoms with Gasteiger partial charge in [-0.25, -0.2) is 9.97 Å². The Kier molecular flexibility index (Phi) is 3.26. The summed E-state index contributed by atoms with van der Waals surface area (Å²) in [6, 6.07) is 8.25. The van der Waals surface area contributed by atoms with Gasteiger partial charge in [-0.3, -0.25) is 4.79 Å². The van der Waals surface area contributed by atoms with E-state index in [0.717, 1.165) is 5.56 Å². The smallest absolute Gasteiger partial charge is 0.248 e. The zero-order valence-electron chi connectivity index (χ0n) is 8.52. The predicted molar refractivity (Wildman–Crippen MR) is 66.0 cm³/mol. The molecular weight excluding hydrogens is 261 g/mol. The summed E-state index contributed by atoms with van der Waals surface area (Å²) in [6.07, 6.45) is 0. The fraction of sp³-hybridized carbons (Fsp3) is 0. The fourth-order valence-corrected chi connectivity index (χ4v) is 1.75. The molecule has 17 heavy (non-hydrogen) atoms. The molecule has 2 rings (SSSR count). The maximum Gasteiger partial charge on any atom is 0.248 e. The highest BCUT2D eigenvalue weighted by Crippen LogP contribution is 2.21. The van der Waals surface area contributed by atoms with Crippen LogP contribution in [0.2, 0.25) is 10.4 Å². The standard InChI is InChI=1S/C11H7Cl2N3O/c12-9-5-8(15-11(13)16-9)6-1-3-7(4-2-6)10(14)17/h1-5H,(H2,14,17). The number of primary amides is 1. The van der Waals surface area contributed by atoms with E-state index < -0.39 is 5.91 Å². The zero-order chi connectivity index (χ0) is 12.4. The number of halogens is 2. The number of carbonyl (C=O) groups excluding carboxylic acids is 1. The van der Waals surface area contributed by atoms with Gasteiger partial charge >= 0.3 is 0 Å². The molecule has 0 aliphatic heterocycles. The predicted octanol–water partition coefficient (Wildman–Crippen LogP) is 2.55. The summed E-state index contributed by atoms with van der Waals surface area (Å²) in [7, 11) is 0. The second kappa shape index (κ2) is 4.69. The molecular formula is C11H7Cl2N3O. The Labute approximate surface area is 107 Å². The first-order valence-electron chi connectivity index (χ1n) is 4.66. The molecule has 0 unspecified atom stereocenters. The van der Waals surface area contributed by atoms with Crippen molar-refractivity contribution in [2.75, 3.05) is 0 Å². The average Bonchev–Trinajstić information content (AvgIpc) is 2.28. The van der Waals surface area contributed by atoms with E-state index in [9.17, 15) is 4.79 Å². The number of hydrogen-bond acceptors (Lipinski definition) is 3. The minimum atomic E-state index is -0.477. The number of hydrogen-bond donors (Lipinski definition) is 1. The van der Waals surface area contributed by atoms with Crippen LogP contribution in [0.4, 0.5) is 0 Å². The Balaban J connectivity index is 2.43. The zero-order valence-corrected chi connectivity index (χ0v) is 10.0. The van der Waals surface area contributed by atoms with E-state index >= 15 is 0 Å². The molecule has 1 aromatic heterocycles. The molecule has 1 amide bonds. The molecule has 6 heteroatoms. The van der Waals surface area contributed by atoms with Gasteiger partial charge in [-0.15, -0.1) is 0 Å². The molecule has 0 radical (unpaired) electrons. The quantitative estimate of drug-likeness (QED) is 0.672. The van der Waals surface area contributed by atoms with Crippen molar-refractivity contribution in [3.8, 4) is 11.3 Å². The molecule has 4 nitrogen and oxygen atoms in total. The van der Waals surface area contributed by atoms with E-state index in [2.05, 4.69) is 9.97 Å². The topological polar surface area (TPSA) is 68.9 Å². The summed E-state index contributed by atoms with van der Waals surface area (Å²) in [5.41, 5.74) is 6.94. The van der Waals surface area contributed by atoms with Crippen LogP contribution in [0.1, 0.15) is 10.4 Å². The second-order valence-corrected chi connectivity index (χ2v) is 4.01. The summed E-state index contributed by atoms with van der Waals surface area (Å²) in [5, 5.41) is 0.338. The fourth-order valence-electron chi connectivity index (χ4n) is 1.34. The molecule has 0 bridgehead atoms. The average molecular weight is 268 g/mol. The van der Waals surface area contributed by atoms with Crippen molar-refractivity contribution >= 4 is 29.1 Å². The van der Waals surface area contributed by atoms with Crippen LogP contribution >= 0.6 is 23.2 Å².